The van der Waals surface area contributed by atoms with Gasteiger partial charge in [-0.3, -0.25) is 9.59 Å². The van der Waals surface area contributed by atoms with Gasteiger partial charge < -0.3 is 15.0 Å². The number of H-pyrrole nitrogens is 1. The van der Waals surface area contributed by atoms with Gasteiger partial charge in [0, 0.05) is 5.69 Å². The number of benzene rings is 2. The van der Waals surface area contributed by atoms with E-state index in [4.69, 9.17) is 4.74 Å². The number of fused-ring (bicyclic) bond motifs is 1. The molecule has 37 heavy (non-hydrogen) atoms. The van der Waals surface area contributed by atoms with Crippen molar-refractivity contribution >= 4 is 49.0 Å². The molecule has 0 saturated heterocycles. The summed E-state index contributed by atoms with van der Waals surface area (Å²) in [5, 5.41) is 2.90. The Balaban J connectivity index is 1.49. The minimum absolute atomic E-state index is 0.105. The molecule has 0 aliphatic heterocycles. The summed E-state index contributed by atoms with van der Waals surface area (Å²) in [4.78, 5) is 44.6. The topological polar surface area (TPSA) is 135 Å². The number of para-hydroxylation sites is 1. The standard InChI is InChI=1S/C26H25N3O6S2/c1-3-35-26(32)23-16(2)22-24(31)28-20(29-25(22)36-23)14-37(33,34)15-21(30)27-19-12-8-7-11-18(19)13-17-9-5-4-6-10-17/h4-12H,3,13-15H2,1-2H3,(H,27,30)(H,28,29,31). The van der Waals surface area contributed by atoms with Crippen LogP contribution in [0.15, 0.2) is 59.4 Å². The first-order chi connectivity index (χ1) is 17.7. The van der Waals surface area contributed by atoms with Gasteiger partial charge in [-0.1, -0.05) is 48.5 Å². The first kappa shape index (κ1) is 26.2. The number of aromatic nitrogens is 2. The maximum atomic E-state index is 12.8. The number of amides is 1. The van der Waals surface area contributed by atoms with Crippen LogP contribution in [0.25, 0.3) is 10.2 Å². The normalized spacial score (nSPS) is 11.4. The zero-order valence-corrected chi connectivity index (χ0v) is 21.9. The predicted molar refractivity (Wildman–Crippen MR) is 143 cm³/mol. The molecule has 0 saturated carbocycles. The molecule has 0 bridgehead atoms. The van der Waals surface area contributed by atoms with Crippen molar-refractivity contribution in [3.63, 3.8) is 0 Å². The van der Waals surface area contributed by atoms with Crippen molar-refractivity contribution in [1.82, 2.24) is 9.97 Å². The lowest BCUT2D eigenvalue weighted by molar-refractivity contribution is -0.113. The van der Waals surface area contributed by atoms with E-state index < -0.39 is 38.8 Å². The van der Waals surface area contributed by atoms with Crippen LogP contribution in [0.4, 0.5) is 5.69 Å². The molecule has 2 aromatic heterocycles. The Labute approximate surface area is 217 Å². The van der Waals surface area contributed by atoms with Gasteiger partial charge in [-0.05, 0) is 43.0 Å². The Bertz CT molecular complexity index is 1630. The van der Waals surface area contributed by atoms with Gasteiger partial charge in [0.15, 0.2) is 9.84 Å². The lowest BCUT2D eigenvalue weighted by Crippen LogP contribution is -2.25. The van der Waals surface area contributed by atoms with Crippen LogP contribution in [0.5, 0.6) is 0 Å². The molecular weight excluding hydrogens is 514 g/mol. The van der Waals surface area contributed by atoms with E-state index in [9.17, 15) is 22.8 Å². The van der Waals surface area contributed by atoms with Crippen molar-refractivity contribution in [1.29, 1.82) is 0 Å². The number of carbonyl (C=O) groups is 2. The number of nitrogens with zero attached hydrogens (tertiary/aromatic N) is 1. The number of carbonyl (C=O) groups excluding carboxylic acids is 2. The van der Waals surface area contributed by atoms with Gasteiger partial charge in [-0.25, -0.2) is 18.2 Å². The lowest BCUT2D eigenvalue weighted by atomic mass is 10.0. The molecule has 4 aromatic rings. The fourth-order valence-electron chi connectivity index (χ4n) is 3.91. The summed E-state index contributed by atoms with van der Waals surface area (Å²) < 4.78 is 30.6. The number of ether oxygens (including phenoxy) is 1. The van der Waals surface area contributed by atoms with Crippen LogP contribution in [0, 0.1) is 6.92 Å². The fraction of sp³-hybridized carbons (Fsp3) is 0.231. The summed E-state index contributed by atoms with van der Waals surface area (Å²) >= 11 is 0.964. The minimum atomic E-state index is -3.97. The summed E-state index contributed by atoms with van der Waals surface area (Å²) in [6, 6.07) is 16.9. The van der Waals surface area contributed by atoms with Crippen molar-refractivity contribution < 1.29 is 22.7 Å². The summed E-state index contributed by atoms with van der Waals surface area (Å²) in [6.07, 6.45) is 0.573. The largest absolute Gasteiger partial charge is 0.462 e. The van der Waals surface area contributed by atoms with Crippen LogP contribution in [0.3, 0.4) is 0 Å². The average Bonchev–Trinajstić information content (AvgIpc) is 3.17. The van der Waals surface area contributed by atoms with E-state index >= 15 is 0 Å². The molecule has 0 aliphatic carbocycles. The summed E-state index contributed by atoms with van der Waals surface area (Å²) in [7, 11) is -3.97. The zero-order chi connectivity index (χ0) is 26.6. The monoisotopic (exact) mass is 539 g/mol. The Morgan fingerprint density at radius 3 is 2.51 bits per heavy atom. The molecule has 0 atom stereocenters. The molecule has 11 heteroatoms. The van der Waals surface area contributed by atoms with Crippen LogP contribution in [-0.4, -0.2) is 42.6 Å². The second-order valence-corrected chi connectivity index (χ2v) is 11.4. The van der Waals surface area contributed by atoms with Crippen LogP contribution in [0.2, 0.25) is 0 Å². The number of nitrogens with one attached hydrogen (secondary N) is 2. The SMILES string of the molecule is CCOC(=O)c1sc2nc(CS(=O)(=O)CC(=O)Nc3ccccc3Cc3ccccc3)[nH]c(=O)c2c1C. The van der Waals surface area contributed by atoms with Gasteiger partial charge in [0.05, 0.1) is 12.0 Å². The van der Waals surface area contributed by atoms with Crippen molar-refractivity contribution in [2.75, 3.05) is 17.7 Å². The molecular formula is C26H25N3O6S2. The third kappa shape index (κ3) is 6.30. The van der Waals surface area contributed by atoms with E-state index in [0.717, 1.165) is 22.5 Å². The van der Waals surface area contributed by atoms with Gasteiger partial charge in [0.1, 0.15) is 27.0 Å². The second-order valence-electron chi connectivity index (χ2n) is 8.37. The highest BCUT2D eigenvalue weighted by Gasteiger charge is 2.23. The van der Waals surface area contributed by atoms with Crippen molar-refractivity contribution in [3.8, 4) is 0 Å². The second kappa shape index (κ2) is 11.1. The number of aromatic amines is 1. The quantitative estimate of drug-likeness (QED) is 0.310. The first-order valence-electron chi connectivity index (χ1n) is 11.5. The summed E-state index contributed by atoms with van der Waals surface area (Å²) in [5.74, 6) is -2.79. The maximum Gasteiger partial charge on any atom is 0.348 e. The number of hydrogen-bond donors (Lipinski definition) is 2. The highest BCUT2D eigenvalue weighted by molar-refractivity contribution is 7.91. The van der Waals surface area contributed by atoms with Crippen molar-refractivity contribution in [2.24, 2.45) is 0 Å². The molecule has 0 fully saturated rings. The average molecular weight is 540 g/mol. The Morgan fingerprint density at radius 1 is 1.08 bits per heavy atom. The molecule has 192 valence electrons. The lowest BCUT2D eigenvalue weighted by Gasteiger charge is -2.11. The number of esters is 1. The molecule has 0 aliphatic rings. The first-order valence-corrected chi connectivity index (χ1v) is 14.1. The smallest absolute Gasteiger partial charge is 0.348 e. The van der Waals surface area contributed by atoms with E-state index in [1.54, 1.807) is 26.0 Å². The number of sulfone groups is 1. The maximum absolute atomic E-state index is 12.8. The number of rotatable bonds is 9. The molecule has 9 nitrogen and oxygen atoms in total. The molecule has 2 N–H and O–H groups in total. The van der Waals surface area contributed by atoms with Gasteiger partial charge in [0.25, 0.3) is 5.56 Å². The molecule has 2 heterocycles. The van der Waals surface area contributed by atoms with Gasteiger partial charge >= 0.3 is 5.97 Å². The highest BCUT2D eigenvalue weighted by Crippen LogP contribution is 2.28. The fourth-order valence-corrected chi connectivity index (χ4v) is 6.13. The predicted octanol–water partition coefficient (Wildman–Crippen LogP) is 3.61. The molecule has 2 aromatic carbocycles. The summed E-state index contributed by atoms with van der Waals surface area (Å²) in [6.45, 7) is 3.46. The van der Waals surface area contributed by atoms with Crippen molar-refractivity contribution in [2.45, 2.75) is 26.0 Å². The third-order valence-corrected chi connectivity index (χ3v) is 8.13. The van der Waals surface area contributed by atoms with Crippen LogP contribution in [-0.2, 0) is 31.5 Å². The van der Waals surface area contributed by atoms with E-state index in [0.29, 0.717) is 17.7 Å². The Hall–Kier alpha value is -3.83. The zero-order valence-electron chi connectivity index (χ0n) is 20.2. The van der Waals surface area contributed by atoms with E-state index in [1.165, 1.54) is 0 Å². The summed E-state index contributed by atoms with van der Waals surface area (Å²) in [5.41, 5.74) is 2.30. The van der Waals surface area contributed by atoms with Crippen LogP contribution < -0.4 is 10.9 Å². The van der Waals surface area contributed by atoms with Crippen molar-refractivity contribution in [3.05, 3.63) is 92.3 Å². The van der Waals surface area contributed by atoms with Gasteiger partial charge in [-0.15, -0.1) is 11.3 Å². The molecule has 0 spiro atoms. The molecule has 4 rings (SSSR count). The number of thiophene rings is 1. The number of aryl methyl sites for hydroxylation is 1. The Morgan fingerprint density at radius 2 is 1.78 bits per heavy atom. The minimum Gasteiger partial charge on any atom is -0.462 e. The van der Waals surface area contributed by atoms with Crippen LogP contribution >= 0.6 is 11.3 Å². The van der Waals surface area contributed by atoms with Gasteiger partial charge in [-0.2, -0.15) is 0 Å². The van der Waals surface area contributed by atoms with E-state index in [1.807, 2.05) is 42.5 Å². The van der Waals surface area contributed by atoms with E-state index in [-0.39, 0.29) is 27.5 Å². The molecule has 1 amide bonds. The van der Waals surface area contributed by atoms with Gasteiger partial charge in [0.2, 0.25) is 5.91 Å². The van der Waals surface area contributed by atoms with Crippen LogP contribution in [0.1, 0.15) is 39.1 Å². The molecule has 0 radical (unpaired) electrons. The number of anilines is 1. The Kier molecular flexibility index (Phi) is 7.84. The molecule has 0 unspecified atom stereocenters. The highest BCUT2D eigenvalue weighted by atomic mass is 32.2. The number of hydrogen-bond acceptors (Lipinski definition) is 8. The van der Waals surface area contributed by atoms with E-state index in [2.05, 4.69) is 15.3 Å². The third-order valence-electron chi connectivity index (χ3n) is 5.55.